The van der Waals surface area contributed by atoms with Gasteiger partial charge in [-0.25, -0.2) is 9.97 Å². The summed E-state index contributed by atoms with van der Waals surface area (Å²) >= 11 is 0. The maximum Gasteiger partial charge on any atom is 0.253 e. The van der Waals surface area contributed by atoms with Gasteiger partial charge in [-0.15, -0.1) is 0 Å². The molecule has 1 saturated heterocycles. The zero-order valence-corrected chi connectivity index (χ0v) is 16.2. The third-order valence-corrected chi connectivity index (χ3v) is 5.65. The Hall–Kier alpha value is -3.48. The number of carbonyl (C=O) groups excluding carboxylic acids is 1. The lowest BCUT2D eigenvalue weighted by atomic mass is 9.96. The summed E-state index contributed by atoms with van der Waals surface area (Å²) in [5.74, 6) is 1.97. The number of piperidine rings is 1. The van der Waals surface area contributed by atoms with Crippen LogP contribution in [0.4, 0.5) is 0 Å². The van der Waals surface area contributed by atoms with Gasteiger partial charge in [0, 0.05) is 30.1 Å². The highest BCUT2D eigenvalue weighted by Gasteiger charge is 2.27. The van der Waals surface area contributed by atoms with Crippen LogP contribution in [0.15, 0.2) is 48.8 Å². The Kier molecular flexibility index (Phi) is 4.35. The van der Waals surface area contributed by atoms with Gasteiger partial charge in [0.05, 0.1) is 11.0 Å². The maximum atomic E-state index is 13.1. The van der Waals surface area contributed by atoms with Crippen molar-refractivity contribution >= 4 is 16.9 Å². The molecule has 1 aliphatic heterocycles. The van der Waals surface area contributed by atoms with Crippen molar-refractivity contribution in [3.63, 3.8) is 0 Å². The van der Waals surface area contributed by atoms with E-state index >= 15 is 0 Å². The third kappa shape index (κ3) is 3.29. The summed E-state index contributed by atoms with van der Waals surface area (Å²) in [5, 5.41) is 6.70. The molecule has 7 heteroatoms. The highest BCUT2D eigenvalue weighted by Crippen LogP contribution is 2.28. The highest BCUT2D eigenvalue weighted by atomic mass is 16.2. The van der Waals surface area contributed by atoms with Crippen molar-refractivity contribution in [2.75, 3.05) is 13.1 Å². The van der Waals surface area contributed by atoms with Crippen LogP contribution in [0.25, 0.3) is 22.4 Å². The average molecular weight is 386 g/mol. The first-order chi connectivity index (χ1) is 14.2. The SMILES string of the molecule is Cc1cccc2[nH]c(C3CCCN(C(=O)c4ccc(-c5ncn[nH]5)cc4)C3)nc12. The number of nitrogens with zero attached hydrogens (tertiary/aromatic N) is 4. The largest absolute Gasteiger partial charge is 0.342 e. The van der Waals surface area contributed by atoms with Gasteiger partial charge in [-0.05, 0) is 43.5 Å². The molecule has 0 aliphatic carbocycles. The first-order valence-electron chi connectivity index (χ1n) is 9.89. The fraction of sp³-hybridized carbons (Fsp3) is 0.273. The first kappa shape index (κ1) is 17.6. The minimum absolute atomic E-state index is 0.0612. The van der Waals surface area contributed by atoms with Gasteiger partial charge in [-0.1, -0.05) is 24.3 Å². The lowest BCUT2D eigenvalue weighted by molar-refractivity contribution is 0.0705. The Morgan fingerprint density at radius 1 is 1.17 bits per heavy atom. The lowest BCUT2D eigenvalue weighted by Crippen LogP contribution is -2.39. The van der Waals surface area contributed by atoms with Gasteiger partial charge in [-0.2, -0.15) is 5.10 Å². The van der Waals surface area contributed by atoms with E-state index in [1.165, 1.54) is 11.9 Å². The average Bonchev–Trinajstić information content (AvgIpc) is 3.44. The number of benzene rings is 2. The summed E-state index contributed by atoms with van der Waals surface area (Å²) in [6.07, 6.45) is 3.48. The summed E-state index contributed by atoms with van der Waals surface area (Å²) in [6.45, 7) is 3.53. The van der Waals surface area contributed by atoms with Crippen molar-refractivity contribution < 1.29 is 4.79 Å². The van der Waals surface area contributed by atoms with E-state index in [0.717, 1.165) is 41.8 Å². The topological polar surface area (TPSA) is 90.6 Å². The molecule has 2 N–H and O–H groups in total. The smallest absolute Gasteiger partial charge is 0.253 e. The molecule has 0 radical (unpaired) electrons. The van der Waals surface area contributed by atoms with Crippen molar-refractivity contribution in [3.8, 4) is 11.4 Å². The van der Waals surface area contributed by atoms with Crippen LogP contribution in [0.2, 0.25) is 0 Å². The van der Waals surface area contributed by atoms with Gasteiger partial charge in [0.25, 0.3) is 5.91 Å². The predicted octanol–water partition coefficient (Wildman–Crippen LogP) is 3.68. The normalized spacial score (nSPS) is 17.0. The van der Waals surface area contributed by atoms with Crippen LogP contribution in [-0.2, 0) is 0 Å². The van der Waals surface area contributed by atoms with Gasteiger partial charge in [0.15, 0.2) is 5.82 Å². The number of hydrogen-bond acceptors (Lipinski definition) is 4. The standard InChI is InChI=1S/C22H22N6O/c1-14-4-2-6-18-19(14)26-21(25-18)17-5-3-11-28(12-17)22(29)16-9-7-15(8-10-16)20-23-13-24-27-20/h2,4,6-10,13,17H,3,5,11-12H2,1H3,(H,25,26)(H,23,24,27). The molecule has 2 aromatic heterocycles. The first-order valence-corrected chi connectivity index (χ1v) is 9.89. The number of fused-ring (bicyclic) bond motifs is 1. The van der Waals surface area contributed by atoms with E-state index in [2.05, 4.69) is 39.2 Å². The van der Waals surface area contributed by atoms with Crippen LogP contribution in [0.5, 0.6) is 0 Å². The number of imidazole rings is 1. The molecule has 1 amide bonds. The van der Waals surface area contributed by atoms with Gasteiger partial charge in [0.1, 0.15) is 12.2 Å². The molecule has 1 atom stereocenters. The quantitative estimate of drug-likeness (QED) is 0.562. The molecule has 0 bridgehead atoms. The number of aromatic nitrogens is 5. The number of aryl methyl sites for hydroxylation is 1. The molecule has 4 aromatic rings. The molecule has 1 unspecified atom stereocenters. The third-order valence-electron chi connectivity index (χ3n) is 5.65. The molecule has 1 fully saturated rings. The van der Waals surface area contributed by atoms with E-state index in [4.69, 9.17) is 4.98 Å². The van der Waals surface area contributed by atoms with Crippen LogP contribution in [-0.4, -0.2) is 49.0 Å². The Bertz CT molecular complexity index is 1150. The molecule has 29 heavy (non-hydrogen) atoms. The van der Waals surface area contributed by atoms with Crippen molar-refractivity contribution in [2.45, 2.75) is 25.7 Å². The summed E-state index contributed by atoms with van der Waals surface area (Å²) < 4.78 is 0. The van der Waals surface area contributed by atoms with E-state index in [9.17, 15) is 4.79 Å². The zero-order chi connectivity index (χ0) is 19.8. The van der Waals surface area contributed by atoms with Gasteiger partial charge in [-0.3, -0.25) is 9.89 Å². The van der Waals surface area contributed by atoms with E-state index in [1.807, 2.05) is 35.2 Å². The van der Waals surface area contributed by atoms with Crippen molar-refractivity contribution in [3.05, 3.63) is 65.7 Å². The number of likely N-dealkylation sites (tertiary alicyclic amines) is 1. The Balaban J connectivity index is 1.34. The number of hydrogen-bond donors (Lipinski definition) is 2. The number of rotatable bonds is 3. The van der Waals surface area contributed by atoms with Gasteiger partial charge >= 0.3 is 0 Å². The number of amides is 1. The molecule has 146 valence electrons. The molecule has 5 rings (SSSR count). The fourth-order valence-electron chi connectivity index (χ4n) is 4.07. The number of carbonyl (C=O) groups is 1. The summed E-state index contributed by atoms with van der Waals surface area (Å²) in [6, 6.07) is 13.7. The van der Waals surface area contributed by atoms with Crippen LogP contribution in [0.3, 0.4) is 0 Å². The molecule has 3 heterocycles. The Morgan fingerprint density at radius 3 is 2.79 bits per heavy atom. The molecule has 7 nitrogen and oxygen atoms in total. The van der Waals surface area contributed by atoms with Crippen LogP contribution >= 0.6 is 0 Å². The number of H-pyrrole nitrogens is 2. The van der Waals surface area contributed by atoms with Crippen molar-refractivity contribution in [1.29, 1.82) is 0 Å². The van der Waals surface area contributed by atoms with Crippen molar-refractivity contribution in [2.24, 2.45) is 0 Å². The van der Waals surface area contributed by atoms with E-state index in [1.54, 1.807) is 0 Å². The van der Waals surface area contributed by atoms with E-state index in [-0.39, 0.29) is 11.8 Å². The minimum atomic E-state index is 0.0612. The van der Waals surface area contributed by atoms with E-state index < -0.39 is 0 Å². The number of aromatic amines is 2. The molecule has 0 spiro atoms. The Morgan fingerprint density at radius 2 is 2.03 bits per heavy atom. The second-order valence-electron chi connectivity index (χ2n) is 7.59. The number of nitrogens with one attached hydrogen (secondary N) is 2. The predicted molar refractivity (Wildman–Crippen MR) is 111 cm³/mol. The van der Waals surface area contributed by atoms with Gasteiger partial charge in [0.2, 0.25) is 0 Å². The molecular weight excluding hydrogens is 364 g/mol. The number of para-hydroxylation sites is 1. The molecule has 2 aromatic carbocycles. The summed E-state index contributed by atoms with van der Waals surface area (Å²) in [4.78, 5) is 27.4. The monoisotopic (exact) mass is 386 g/mol. The van der Waals surface area contributed by atoms with Crippen LogP contribution in [0.1, 0.15) is 40.5 Å². The fourth-order valence-corrected chi connectivity index (χ4v) is 4.07. The van der Waals surface area contributed by atoms with E-state index in [0.29, 0.717) is 17.9 Å². The molecule has 0 saturated carbocycles. The van der Waals surface area contributed by atoms with Crippen molar-refractivity contribution in [1.82, 2.24) is 30.0 Å². The second kappa shape index (κ2) is 7.16. The lowest BCUT2D eigenvalue weighted by Gasteiger charge is -2.32. The minimum Gasteiger partial charge on any atom is -0.342 e. The van der Waals surface area contributed by atoms with Gasteiger partial charge < -0.3 is 9.88 Å². The second-order valence-corrected chi connectivity index (χ2v) is 7.59. The van der Waals surface area contributed by atoms with Crippen LogP contribution < -0.4 is 0 Å². The highest BCUT2D eigenvalue weighted by molar-refractivity contribution is 5.94. The molecular formula is C22H22N6O. The van der Waals surface area contributed by atoms with Crippen LogP contribution in [0, 0.1) is 6.92 Å². The summed E-state index contributed by atoms with van der Waals surface area (Å²) in [7, 11) is 0. The Labute approximate surface area is 168 Å². The zero-order valence-electron chi connectivity index (χ0n) is 16.2. The maximum absolute atomic E-state index is 13.1. The molecule has 1 aliphatic rings. The summed E-state index contributed by atoms with van der Waals surface area (Å²) in [5.41, 5.74) is 4.85.